The van der Waals surface area contributed by atoms with Crippen molar-refractivity contribution in [3.63, 3.8) is 0 Å². The predicted molar refractivity (Wildman–Crippen MR) is 124 cm³/mol. The van der Waals surface area contributed by atoms with Crippen LogP contribution in [0.4, 0.5) is 5.13 Å². The number of amides is 1. The second-order valence-electron chi connectivity index (χ2n) is 7.27. The number of benzene rings is 1. The smallest absolute Gasteiger partial charge is 0.279 e. The molecule has 0 fully saturated rings. The standard InChI is InChI=1S/C23H18ClN5OS/c1-14-8-9-17(24)21-19(14)27-23(31-21)29(13-16-6-5-10-25-12-16)22(30)20-15(2)26-18-7-3-4-11-28(18)20/h3-12H,13H2,1-2H3. The van der Waals surface area contributed by atoms with Gasteiger partial charge >= 0.3 is 0 Å². The van der Waals surface area contributed by atoms with E-state index in [-0.39, 0.29) is 5.91 Å². The molecule has 5 aromatic rings. The molecule has 5 rings (SSSR count). The van der Waals surface area contributed by atoms with Crippen LogP contribution >= 0.6 is 22.9 Å². The zero-order valence-corrected chi connectivity index (χ0v) is 18.5. The number of carbonyl (C=O) groups excluding carboxylic acids is 1. The average Bonchev–Trinajstić information content (AvgIpc) is 3.37. The van der Waals surface area contributed by atoms with E-state index in [0.717, 1.165) is 27.0 Å². The third-order valence-electron chi connectivity index (χ3n) is 5.13. The molecule has 0 atom stereocenters. The van der Waals surface area contributed by atoms with Crippen LogP contribution in [0.5, 0.6) is 0 Å². The Kier molecular flexibility index (Phi) is 4.92. The van der Waals surface area contributed by atoms with Crippen LogP contribution in [-0.2, 0) is 6.54 Å². The second kappa shape index (κ2) is 7.76. The first-order valence-corrected chi connectivity index (χ1v) is 10.9. The third kappa shape index (κ3) is 3.45. The van der Waals surface area contributed by atoms with E-state index in [1.165, 1.54) is 11.3 Å². The molecule has 0 saturated heterocycles. The molecule has 0 aliphatic heterocycles. The number of aryl methyl sites for hydroxylation is 2. The van der Waals surface area contributed by atoms with E-state index in [9.17, 15) is 4.79 Å². The molecule has 4 heterocycles. The largest absolute Gasteiger partial charge is 0.295 e. The average molecular weight is 448 g/mol. The summed E-state index contributed by atoms with van der Waals surface area (Å²) in [6.07, 6.45) is 5.32. The summed E-state index contributed by atoms with van der Waals surface area (Å²) >= 11 is 7.85. The minimum atomic E-state index is -0.173. The van der Waals surface area contributed by atoms with Gasteiger partial charge in [-0.05, 0) is 49.2 Å². The van der Waals surface area contributed by atoms with Gasteiger partial charge in [-0.3, -0.25) is 19.1 Å². The number of aromatic nitrogens is 4. The van der Waals surface area contributed by atoms with Crippen LogP contribution in [0.1, 0.15) is 27.3 Å². The Morgan fingerprint density at radius 1 is 1.13 bits per heavy atom. The number of thiazole rings is 1. The van der Waals surface area contributed by atoms with Crippen LogP contribution in [0.3, 0.4) is 0 Å². The minimum absolute atomic E-state index is 0.173. The van der Waals surface area contributed by atoms with Crippen molar-refractivity contribution in [2.24, 2.45) is 0 Å². The highest BCUT2D eigenvalue weighted by atomic mass is 35.5. The van der Waals surface area contributed by atoms with E-state index in [2.05, 4.69) is 9.97 Å². The van der Waals surface area contributed by atoms with Crippen LogP contribution in [0, 0.1) is 13.8 Å². The SMILES string of the molecule is Cc1nc2ccccn2c1C(=O)N(Cc1cccnc1)c1nc2c(C)ccc(Cl)c2s1. The van der Waals surface area contributed by atoms with Gasteiger partial charge in [-0.1, -0.05) is 41.1 Å². The van der Waals surface area contributed by atoms with E-state index >= 15 is 0 Å². The Bertz CT molecular complexity index is 1390. The molecule has 1 amide bonds. The number of hydrogen-bond donors (Lipinski definition) is 0. The van der Waals surface area contributed by atoms with Gasteiger partial charge in [-0.25, -0.2) is 9.97 Å². The first-order chi connectivity index (χ1) is 15.0. The molecule has 0 aliphatic rings. The van der Waals surface area contributed by atoms with Crippen molar-refractivity contribution < 1.29 is 4.79 Å². The number of rotatable bonds is 4. The van der Waals surface area contributed by atoms with Crippen LogP contribution in [0.2, 0.25) is 5.02 Å². The highest BCUT2D eigenvalue weighted by Gasteiger charge is 2.27. The number of imidazole rings is 1. The van der Waals surface area contributed by atoms with E-state index in [1.54, 1.807) is 17.3 Å². The molecular weight excluding hydrogens is 430 g/mol. The van der Waals surface area contributed by atoms with Gasteiger partial charge in [-0.15, -0.1) is 0 Å². The molecule has 0 bridgehead atoms. The lowest BCUT2D eigenvalue weighted by atomic mass is 10.2. The summed E-state index contributed by atoms with van der Waals surface area (Å²) in [5.74, 6) is -0.173. The lowest BCUT2D eigenvalue weighted by molar-refractivity contribution is 0.0979. The molecule has 0 spiro atoms. The molecule has 0 aliphatic carbocycles. The number of nitrogens with zero attached hydrogens (tertiary/aromatic N) is 5. The first-order valence-electron chi connectivity index (χ1n) is 9.73. The van der Waals surface area contributed by atoms with Crippen molar-refractivity contribution in [1.29, 1.82) is 0 Å². The monoisotopic (exact) mass is 447 g/mol. The fourth-order valence-corrected chi connectivity index (χ4v) is 4.92. The topological polar surface area (TPSA) is 63.4 Å². The van der Waals surface area contributed by atoms with Crippen molar-refractivity contribution in [1.82, 2.24) is 19.4 Å². The van der Waals surface area contributed by atoms with Gasteiger partial charge in [0.15, 0.2) is 5.13 Å². The Morgan fingerprint density at radius 3 is 2.77 bits per heavy atom. The number of carbonyl (C=O) groups is 1. The van der Waals surface area contributed by atoms with Gasteiger partial charge in [0.2, 0.25) is 0 Å². The van der Waals surface area contributed by atoms with E-state index in [0.29, 0.717) is 28.1 Å². The summed E-state index contributed by atoms with van der Waals surface area (Å²) in [5.41, 5.74) is 4.65. The van der Waals surface area contributed by atoms with Crippen molar-refractivity contribution >= 4 is 49.8 Å². The Labute approximate surface area is 187 Å². The number of hydrogen-bond acceptors (Lipinski definition) is 5. The van der Waals surface area contributed by atoms with E-state index < -0.39 is 0 Å². The molecule has 0 unspecified atom stereocenters. The number of fused-ring (bicyclic) bond motifs is 2. The highest BCUT2D eigenvalue weighted by molar-refractivity contribution is 7.23. The third-order valence-corrected chi connectivity index (χ3v) is 6.67. The molecule has 0 N–H and O–H groups in total. The summed E-state index contributed by atoms with van der Waals surface area (Å²) in [6.45, 7) is 4.18. The molecule has 8 heteroatoms. The van der Waals surface area contributed by atoms with Crippen LogP contribution in [-0.4, -0.2) is 25.3 Å². The van der Waals surface area contributed by atoms with Crippen molar-refractivity contribution in [3.05, 3.63) is 88.6 Å². The first kappa shape index (κ1) is 19.7. The quantitative estimate of drug-likeness (QED) is 0.367. The predicted octanol–water partition coefficient (Wildman–Crippen LogP) is 5.46. The second-order valence-corrected chi connectivity index (χ2v) is 8.65. The number of anilines is 1. The summed E-state index contributed by atoms with van der Waals surface area (Å²) < 4.78 is 2.69. The normalized spacial score (nSPS) is 11.3. The fourth-order valence-electron chi connectivity index (χ4n) is 3.61. The lowest BCUT2D eigenvalue weighted by Gasteiger charge is -2.20. The van der Waals surface area contributed by atoms with Crippen LogP contribution < -0.4 is 4.90 Å². The van der Waals surface area contributed by atoms with E-state index in [1.807, 2.05) is 66.9 Å². The summed E-state index contributed by atoms with van der Waals surface area (Å²) in [6, 6.07) is 13.3. The molecular formula is C23H18ClN5OS. The molecule has 0 radical (unpaired) electrons. The van der Waals surface area contributed by atoms with Gasteiger partial charge in [-0.2, -0.15) is 0 Å². The van der Waals surface area contributed by atoms with Gasteiger partial charge in [0.05, 0.1) is 27.5 Å². The van der Waals surface area contributed by atoms with E-state index in [4.69, 9.17) is 16.6 Å². The Morgan fingerprint density at radius 2 is 2.00 bits per heavy atom. The fraction of sp³-hybridized carbons (Fsp3) is 0.130. The van der Waals surface area contributed by atoms with Crippen LogP contribution in [0.15, 0.2) is 61.1 Å². The van der Waals surface area contributed by atoms with Crippen molar-refractivity contribution in [3.8, 4) is 0 Å². The number of pyridine rings is 2. The minimum Gasteiger partial charge on any atom is -0.295 e. The summed E-state index contributed by atoms with van der Waals surface area (Å²) in [5, 5.41) is 1.22. The molecule has 4 aromatic heterocycles. The maximum atomic E-state index is 13.9. The maximum absolute atomic E-state index is 13.9. The molecule has 0 saturated carbocycles. The van der Waals surface area contributed by atoms with Crippen LogP contribution in [0.25, 0.3) is 15.9 Å². The molecule has 1 aromatic carbocycles. The highest BCUT2D eigenvalue weighted by Crippen LogP contribution is 2.36. The van der Waals surface area contributed by atoms with Gasteiger partial charge < -0.3 is 0 Å². The Hall–Kier alpha value is -3.29. The molecule has 31 heavy (non-hydrogen) atoms. The lowest BCUT2D eigenvalue weighted by Crippen LogP contribution is -2.31. The van der Waals surface area contributed by atoms with Gasteiger partial charge in [0, 0.05) is 18.6 Å². The zero-order valence-electron chi connectivity index (χ0n) is 16.9. The maximum Gasteiger partial charge on any atom is 0.279 e. The molecule has 6 nitrogen and oxygen atoms in total. The van der Waals surface area contributed by atoms with Gasteiger partial charge in [0.25, 0.3) is 5.91 Å². The van der Waals surface area contributed by atoms with Crippen molar-refractivity contribution in [2.45, 2.75) is 20.4 Å². The molecule has 154 valence electrons. The summed E-state index contributed by atoms with van der Waals surface area (Å²) in [4.78, 5) is 29.1. The number of halogens is 1. The zero-order chi connectivity index (χ0) is 21.5. The Balaban J connectivity index is 1.67. The summed E-state index contributed by atoms with van der Waals surface area (Å²) in [7, 11) is 0. The van der Waals surface area contributed by atoms with Gasteiger partial charge in [0.1, 0.15) is 11.3 Å². The van der Waals surface area contributed by atoms with Crippen molar-refractivity contribution in [2.75, 3.05) is 4.90 Å².